The summed E-state index contributed by atoms with van der Waals surface area (Å²) >= 11 is 6.88. The Kier molecular flexibility index (Phi) is 3.30. The molecule has 0 bridgehead atoms. The van der Waals surface area contributed by atoms with Gasteiger partial charge in [0.05, 0.1) is 11.0 Å². The molecule has 1 aromatic heterocycles. The van der Waals surface area contributed by atoms with E-state index in [0.29, 0.717) is 22.3 Å². The van der Waals surface area contributed by atoms with E-state index < -0.39 is 9.84 Å². The van der Waals surface area contributed by atoms with Gasteiger partial charge in [0.1, 0.15) is 0 Å². The van der Waals surface area contributed by atoms with E-state index in [1.807, 2.05) is 0 Å². The monoisotopic (exact) mass is 266 g/mol. The van der Waals surface area contributed by atoms with Gasteiger partial charge in [-0.3, -0.25) is 0 Å². The van der Waals surface area contributed by atoms with Crippen LogP contribution in [0.4, 0.5) is 0 Å². The van der Waals surface area contributed by atoms with Crippen LogP contribution in [0.5, 0.6) is 0 Å². The second-order valence-electron chi connectivity index (χ2n) is 3.50. The van der Waals surface area contributed by atoms with E-state index >= 15 is 0 Å². The molecule has 2 heterocycles. The molecule has 84 valence electrons. The summed E-state index contributed by atoms with van der Waals surface area (Å²) in [6.07, 6.45) is 2.24. The Hall–Kier alpha value is -0.170. The van der Waals surface area contributed by atoms with Crippen LogP contribution in [0.2, 0.25) is 4.47 Å². The molecule has 1 aliphatic rings. The zero-order valence-electron chi connectivity index (χ0n) is 7.94. The van der Waals surface area contributed by atoms with Gasteiger partial charge in [-0.1, -0.05) is 11.6 Å². The molecule has 0 radical (unpaired) electrons. The zero-order valence-corrected chi connectivity index (χ0v) is 10.3. The van der Waals surface area contributed by atoms with E-state index in [4.69, 9.17) is 11.6 Å². The van der Waals surface area contributed by atoms with Gasteiger partial charge in [0.15, 0.2) is 14.3 Å². The van der Waals surface area contributed by atoms with Crippen LogP contribution in [0.15, 0.2) is 6.20 Å². The zero-order chi connectivity index (χ0) is 10.9. The van der Waals surface area contributed by atoms with Gasteiger partial charge in [-0.15, -0.1) is 11.3 Å². The smallest absolute Gasteiger partial charge is 0.183 e. The van der Waals surface area contributed by atoms with Crippen LogP contribution in [0.3, 0.4) is 0 Å². The average Bonchev–Trinajstić information content (AvgIpc) is 2.75. The fourth-order valence-corrected chi connectivity index (χ4v) is 4.66. The van der Waals surface area contributed by atoms with Crippen molar-refractivity contribution in [3.63, 3.8) is 0 Å². The van der Waals surface area contributed by atoms with Crippen LogP contribution in [0, 0.1) is 0 Å². The van der Waals surface area contributed by atoms with Crippen LogP contribution in [0.1, 0.15) is 11.3 Å². The lowest BCUT2D eigenvalue weighted by Crippen LogP contribution is -2.24. The highest BCUT2D eigenvalue weighted by molar-refractivity contribution is 7.91. The lowest BCUT2D eigenvalue weighted by Gasteiger charge is -2.08. The number of hydrogen-bond acceptors (Lipinski definition) is 5. The Balaban J connectivity index is 2.10. The van der Waals surface area contributed by atoms with E-state index in [1.165, 1.54) is 17.5 Å². The second-order valence-corrected chi connectivity index (χ2v) is 7.48. The number of hydrogen-bond donors (Lipinski definition) is 1. The highest BCUT2D eigenvalue weighted by atomic mass is 35.5. The first-order valence-corrected chi connectivity index (χ1v) is 7.51. The molecule has 15 heavy (non-hydrogen) atoms. The van der Waals surface area contributed by atoms with E-state index in [9.17, 15) is 8.42 Å². The highest BCUT2D eigenvalue weighted by Crippen LogP contribution is 2.22. The highest BCUT2D eigenvalue weighted by Gasteiger charge is 2.29. The summed E-state index contributed by atoms with van der Waals surface area (Å²) in [6, 6.07) is 0. The molecule has 2 rings (SSSR count). The van der Waals surface area contributed by atoms with Crippen molar-refractivity contribution < 1.29 is 8.42 Å². The van der Waals surface area contributed by atoms with Gasteiger partial charge in [0.25, 0.3) is 0 Å². The molecule has 1 atom stereocenters. The van der Waals surface area contributed by atoms with E-state index in [1.54, 1.807) is 0 Å². The third-order valence-corrected chi connectivity index (χ3v) is 5.82. The molecule has 0 unspecified atom stereocenters. The normalized spacial score (nSPS) is 22.1. The Morgan fingerprint density at radius 1 is 1.67 bits per heavy atom. The number of aromatic nitrogens is 1. The Labute approximate surface area is 97.6 Å². The topological polar surface area (TPSA) is 59.1 Å². The number of rotatable bonds is 3. The van der Waals surface area contributed by atoms with Crippen molar-refractivity contribution in [3.8, 4) is 0 Å². The third kappa shape index (κ3) is 2.69. The molecular formula is C8H11ClN2O2S2. The van der Waals surface area contributed by atoms with E-state index in [0.717, 1.165) is 6.54 Å². The third-order valence-electron chi connectivity index (χ3n) is 2.39. The molecule has 0 amide bonds. The van der Waals surface area contributed by atoms with Crippen LogP contribution in [-0.2, 0) is 15.6 Å². The van der Waals surface area contributed by atoms with Crippen LogP contribution >= 0.6 is 22.9 Å². The first-order valence-electron chi connectivity index (χ1n) is 4.60. The Morgan fingerprint density at radius 3 is 3.00 bits per heavy atom. The number of halogens is 1. The predicted octanol–water partition coefficient (Wildman–Crippen LogP) is 1.07. The molecule has 1 aromatic rings. The minimum atomic E-state index is -3.05. The number of nitrogens with zero attached hydrogens (tertiary/aromatic N) is 1. The molecule has 1 N–H and O–H groups in total. The lowest BCUT2D eigenvalue weighted by atomic mass is 10.4. The summed E-state index contributed by atoms with van der Waals surface area (Å²) in [7, 11) is -3.05. The predicted molar refractivity (Wildman–Crippen MR) is 61.0 cm³/mol. The molecule has 4 nitrogen and oxygen atoms in total. The fourth-order valence-electron chi connectivity index (χ4n) is 1.60. The summed E-state index contributed by atoms with van der Waals surface area (Å²) in [5, 5.41) is 2.80. The van der Waals surface area contributed by atoms with Crippen LogP contribution in [0.25, 0.3) is 0 Å². The molecule has 7 heteroatoms. The number of nitrogens with one attached hydrogen (secondary N) is 1. The van der Waals surface area contributed by atoms with Crippen molar-refractivity contribution >= 4 is 32.8 Å². The van der Waals surface area contributed by atoms with Crippen LogP contribution < -0.4 is 5.32 Å². The second kappa shape index (κ2) is 4.37. The van der Waals surface area contributed by atoms with Gasteiger partial charge in [0.2, 0.25) is 0 Å². The lowest BCUT2D eigenvalue weighted by molar-refractivity contribution is 0.582. The quantitative estimate of drug-likeness (QED) is 0.889. The molecule has 0 saturated carbocycles. The number of thiazole rings is 1. The van der Waals surface area contributed by atoms with Crippen molar-refractivity contribution in [3.05, 3.63) is 15.5 Å². The van der Waals surface area contributed by atoms with Gasteiger partial charge in [-0.2, -0.15) is 0 Å². The summed E-state index contributed by atoms with van der Waals surface area (Å²) in [5.41, 5.74) is 0. The maximum absolute atomic E-state index is 11.9. The molecule has 0 aromatic carbocycles. The summed E-state index contributed by atoms with van der Waals surface area (Å²) in [6.45, 7) is 1.35. The van der Waals surface area contributed by atoms with Crippen molar-refractivity contribution in [2.75, 3.05) is 13.1 Å². The first-order chi connectivity index (χ1) is 7.08. The SMILES string of the molecule is O=S(=O)(Cc1cnc(Cl)s1)[C@@H]1CCNC1. The summed E-state index contributed by atoms with van der Waals surface area (Å²) in [4.78, 5) is 4.55. The molecule has 1 saturated heterocycles. The minimum Gasteiger partial charge on any atom is -0.315 e. The molecular weight excluding hydrogens is 256 g/mol. The molecule has 0 spiro atoms. The van der Waals surface area contributed by atoms with Gasteiger partial charge in [0, 0.05) is 17.6 Å². The summed E-state index contributed by atoms with van der Waals surface area (Å²) < 4.78 is 24.2. The van der Waals surface area contributed by atoms with Crippen molar-refractivity contribution in [1.82, 2.24) is 10.3 Å². The standard InChI is InChI=1S/C8H11ClN2O2S2/c9-8-11-3-6(14-8)5-15(12,13)7-1-2-10-4-7/h3,7,10H,1-2,4-5H2/t7-/m1/s1. The van der Waals surface area contributed by atoms with Crippen molar-refractivity contribution in [2.45, 2.75) is 17.4 Å². The maximum Gasteiger partial charge on any atom is 0.183 e. The first kappa shape index (κ1) is 11.3. The van der Waals surface area contributed by atoms with Crippen molar-refractivity contribution in [1.29, 1.82) is 0 Å². The molecule has 0 aliphatic carbocycles. The fraction of sp³-hybridized carbons (Fsp3) is 0.625. The van der Waals surface area contributed by atoms with Gasteiger partial charge < -0.3 is 5.32 Å². The van der Waals surface area contributed by atoms with Gasteiger partial charge >= 0.3 is 0 Å². The maximum atomic E-state index is 11.9. The largest absolute Gasteiger partial charge is 0.315 e. The van der Waals surface area contributed by atoms with Gasteiger partial charge in [-0.25, -0.2) is 13.4 Å². The van der Waals surface area contributed by atoms with E-state index in [-0.39, 0.29) is 11.0 Å². The number of sulfone groups is 1. The van der Waals surface area contributed by atoms with Gasteiger partial charge in [-0.05, 0) is 13.0 Å². The molecule has 1 aliphatic heterocycles. The molecule has 1 fully saturated rings. The summed E-state index contributed by atoms with van der Waals surface area (Å²) in [5.74, 6) is 0.0593. The van der Waals surface area contributed by atoms with Crippen molar-refractivity contribution in [2.24, 2.45) is 0 Å². The average molecular weight is 267 g/mol. The van der Waals surface area contributed by atoms with E-state index in [2.05, 4.69) is 10.3 Å². The Morgan fingerprint density at radius 2 is 2.47 bits per heavy atom. The Bertz CT molecular complexity index is 437. The minimum absolute atomic E-state index is 0.0593. The van der Waals surface area contributed by atoms with Crippen LogP contribution in [-0.4, -0.2) is 31.7 Å².